The number of aryl methyl sites for hydroxylation is 1. The van der Waals surface area contributed by atoms with E-state index in [0.29, 0.717) is 4.34 Å². The zero-order valence-electron chi connectivity index (χ0n) is 11.3. The maximum Gasteiger partial charge on any atom is 0.0995 e. The van der Waals surface area contributed by atoms with Gasteiger partial charge in [-0.05, 0) is 43.1 Å². The number of hydrogen-bond acceptors (Lipinski definition) is 2. The van der Waals surface area contributed by atoms with E-state index in [2.05, 4.69) is 18.3 Å². The Morgan fingerprint density at radius 3 is 2.50 bits per heavy atom. The highest BCUT2D eigenvalue weighted by molar-refractivity contribution is 7.20. The molecule has 0 fully saturated rings. The van der Waals surface area contributed by atoms with E-state index in [-0.39, 0.29) is 6.04 Å². The first-order chi connectivity index (χ1) is 9.52. The summed E-state index contributed by atoms with van der Waals surface area (Å²) in [6.45, 7) is 5.06. The van der Waals surface area contributed by atoms with Crippen LogP contribution in [0.4, 0.5) is 0 Å². The number of thiophene rings is 1. The fourth-order valence-electron chi connectivity index (χ4n) is 2.09. The maximum atomic E-state index is 6.31. The molecule has 0 aliphatic rings. The molecule has 2 aromatic rings. The Bertz CT molecular complexity index is 595. The maximum absolute atomic E-state index is 6.31. The Morgan fingerprint density at radius 1 is 1.20 bits per heavy atom. The van der Waals surface area contributed by atoms with Gasteiger partial charge in [0.15, 0.2) is 0 Å². The Kier molecular flexibility index (Phi) is 5.76. The van der Waals surface area contributed by atoms with E-state index >= 15 is 0 Å². The van der Waals surface area contributed by atoms with Gasteiger partial charge >= 0.3 is 0 Å². The van der Waals surface area contributed by atoms with Gasteiger partial charge in [-0.15, -0.1) is 11.3 Å². The van der Waals surface area contributed by atoms with Crippen molar-refractivity contribution in [3.05, 3.63) is 54.7 Å². The van der Waals surface area contributed by atoms with Gasteiger partial charge in [-0.2, -0.15) is 0 Å². The van der Waals surface area contributed by atoms with Gasteiger partial charge in [-0.25, -0.2) is 0 Å². The van der Waals surface area contributed by atoms with E-state index in [4.69, 9.17) is 34.8 Å². The lowest BCUT2D eigenvalue weighted by Crippen LogP contribution is -2.23. The number of rotatable bonds is 5. The van der Waals surface area contributed by atoms with E-state index in [1.54, 1.807) is 0 Å². The molecule has 1 aromatic carbocycles. The fourth-order valence-corrected chi connectivity index (χ4v) is 3.74. The average Bonchev–Trinajstić information content (AvgIpc) is 2.73. The lowest BCUT2D eigenvalue weighted by Gasteiger charge is -2.19. The summed E-state index contributed by atoms with van der Waals surface area (Å²) in [5.41, 5.74) is 3.23. The van der Waals surface area contributed by atoms with Crippen molar-refractivity contribution in [2.75, 3.05) is 6.54 Å². The summed E-state index contributed by atoms with van der Waals surface area (Å²) >= 11 is 19.9. The van der Waals surface area contributed by atoms with Crippen molar-refractivity contribution >= 4 is 46.1 Å². The molecule has 1 N–H and O–H groups in total. The lowest BCUT2D eigenvalue weighted by molar-refractivity contribution is 0.600. The summed E-state index contributed by atoms with van der Waals surface area (Å²) < 4.78 is 1.44. The number of halogens is 3. The zero-order chi connectivity index (χ0) is 14.7. The minimum atomic E-state index is 0.0437. The summed E-state index contributed by atoms with van der Waals surface area (Å²) in [7, 11) is 0. The third kappa shape index (κ3) is 3.69. The van der Waals surface area contributed by atoms with Crippen LogP contribution in [0.15, 0.2) is 24.3 Å². The average molecular weight is 349 g/mol. The van der Waals surface area contributed by atoms with E-state index in [1.807, 2.05) is 25.1 Å². The Labute approximate surface area is 138 Å². The second-order valence-electron chi connectivity index (χ2n) is 4.68. The molecule has 1 heterocycles. The highest BCUT2D eigenvalue weighted by atomic mass is 35.5. The van der Waals surface area contributed by atoms with Crippen LogP contribution < -0.4 is 5.32 Å². The van der Waals surface area contributed by atoms with Crippen molar-refractivity contribution < 1.29 is 0 Å². The van der Waals surface area contributed by atoms with E-state index in [1.165, 1.54) is 11.3 Å². The predicted octanol–water partition coefficient (Wildman–Crippen LogP) is 6.11. The third-order valence-electron chi connectivity index (χ3n) is 3.11. The molecule has 2 rings (SSSR count). The summed E-state index contributed by atoms with van der Waals surface area (Å²) in [6.07, 6.45) is 1.05. The SMILES string of the molecule is CCCNC(c1ccc(Cl)c(C)c1)c1cc(Cl)sc1Cl. The highest BCUT2D eigenvalue weighted by Gasteiger charge is 2.19. The fraction of sp³-hybridized carbons (Fsp3) is 0.333. The van der Waals surface area contributed by atoms with E-state index in [0.717, 1.165) is 39.0 Å². The quantitative estimate of drug-likeness (QED) is 0.687. The summed E-state index contributed by atoms with van der Waals surface area (Å²) in [4.78, 5) is 0. The third-order valence-corrected chi connectivity index (χ3v) is 5.05. The molecular weight excluding hydrogens is 333 g/mol. The van der Waals surface area contributed by atoms with Crippen molar-refractivity contribution in [1.82, 2.24) is 5.32 Å². The van der Waals surface area contributed by atoms with Gasteiger partial charge in [0.25, 0.3) is 0 Å². The second-order valence-corrected chi connectivity index (χ2v) is 7.37. The molecule has 0 aliphatic carbocycles. The van der Waals surface area contributed by atoms with Crippen LogP contribution in [-0.2, 0) is 0 Å². The predicted molar refractivity (Wildman–Crippen MR) is 90.7 cm³/mol. The van der Waals surface area contributed by atoms with Crippen LogP contribution in [0.2, 0.25) is 13.7 Å². The van der Waals surface area contributed by atoms with Crippen LogP contribution >= 0.6 is 46.1 Å². The molecular formula is C15H16Cl3NS. The van der Waals surface area contributed by atoms with Gasteiger partial charge in [0.05, 0.1) is 14.7 Å². The first-order valence-electron chi connectivity index (χ1n) is 6.47. The standard InChI is InChI=1S/C15H16Cl3NS/c1-3-6-19-14(11-8-13(17)20-15(11)18)10-4-5-12(16)9(2)7-10/h4-5,7-8,14,19H,3,6H2,1-2H3. The molecule has 0 spiro atoms. The molecule has 0 saturated heterocycles. The van der Waals surface area contributed by atoms with Crippen molar-refractivity contribution in [2.45, 2.75) is 26.3 Å². The summed E-state index contributed by atoms with van der Waals surface area (Å²) in [6, 6.07) is 8.03. The van der Waals surface area contributed by atoms with Crippen molar-refractivity contribution in [1.29, 1.82) is 0 Å². The van der Waals surface area contributed by atoms with Crippen molar-refractivity contribution in [3.8, 4) is 0 Å². The van der Waals surface area contributed by atoms with Crippen LogP contribution in [0.1, 0.15) is 36.1 Å². The molecule has 5 heteroatoms. The van der Waals surface area contributed by atoms with Crippen molar-refractivity contribution in [3.63, 3.8) is 0 Å². The molecule has 1 unspecified atom stereocenters. The molecule has 20 heavy (non-hydrogen) atoms. The van der Waals surface area contributed by atoms with Crippen LogP contribution in [0.25, 0.3) is 0 Å². The van der Waals surface area contributed by atoms with Gasteiger partial charge in [0, 0.05) is 10.6 Å². The molecule has 1 nitrogen and oxygen atoms in total. The molecule has 0 radical (unpaired) electrons. The van der Waals surface area contributed by atoms with E-state index in [9.17, 15) is 0 Å². The first kappa shape index (κ1) is 16.1. The number of benzene rings is 1. The molecule has 1 atom stereocenters. The molecule has 108 valence electrons. The second kappa shape index (κ2) is 7.15. The van der Waals surface area contributed by atoms with Crippen LogP contribution in [-0.4, -0.2) is 6.54 Å². The topological polar surface area (TPSA) is 12.0 Å². The zero-order valence-corrected chi connectivity index (χ0v) is 14.4. The monoisotopic (exact) mass is 347 g/mol. The largest absolute Gasteiger partial charge is 0.306 e. The smallest absolute Gasteiger partial charge is 0.0995 e. The summed E-state index contributed by atoms with van der Waals surface area (Å²) in [5, 5.41) is 4.30. The molecule has 0 bridgehead atoms. The first-order valence-corrected chi connectivity index (χ1v) is 8.42. The van der Waals surface area contributed by atoms with Crippen LogP contribution in [0.3, 0.4) is 0 Å². The van der Waals surface area contributed by atoms with Gasteiger partial charge in [-0.3, -0.25) is 0 Å². The lowest BCUT2D eigenvalue weighted by atomic mass is 9.99. The molecule has 0 saturated carbocycles. The minimum absolute atomic E-state index is 0.0437. The van der Waals surface area contributed by atoms with Gasteiger partial charge in [0.1, 0.15) is 0 Å². The van der Waals surface area contributed by atoms with Gasteiger partial charge < -0.3 is 5.32 Å². The van der Waals surface area contributed by atoms with Crippen molar-refractivity contribution in [2.24, 2.45) is 0 Å². The molecule has 1 aromatic heterocycles. The molecule has 0 aliphatic heterocycles. The van der Waals surface area contributed by atoms with Gasteiger partial charge in [-0.1, -0.05) is 53.9 Å². The van der Waals surface area contributed by atoms with Crippen LogP contribution in [0.5, 0.6) is 0 Å². The Hall–Kier alpha value is -0.250. The summed E-state index contributed by atoms with van der Waals surface area (Å²) in [5.74, 6) is 0. The van der Waals surface area contributed by atoms with E-state index < -0.39 is 0 Å². The minimum Gasteiger partial charge on any atom is -0.306 e. The molecule has 0 amide bonds. The highest BCUT2D eigenvalue weighted by Crippen LogP contribution is 2.38. The number of nitrogens with one attached hydrogen (secondary N) is 1. The Morgan fingerprint density at radius 2 is 1.95 bits per heavy atom. The normalized spacial score (nSPS) is 12.7. The van der Waals surface area contributed by atoms with Gasteiger partial charge in [0.2, 0.25) is 0 Å². The van der Waals surface area contributed by atoms with Crippen LogP contribution in [0, 0.1) is 6.92 Å². The Balaban J connectivity index is 2.41. The number of hydrogen-bond donors (Lipinski definition) is 1.